The molecule has 8 heteroatoms. The molecule has 110 valence electrons. The van der Waals surface area contributed by atoms with Crippen molar-refractivity contribution < 1.29 is 13.7 Å². The summed E-state index contributed by atoms with van der Waals surface area (Å²) in [5, 5.41) is 13.7. The lowest BCUT2D eigenvalue weighted by Gasteiger charge is -2.07. The van der Waals surface area contributed by atoms with Crippen molar-refractivity contribution in [1.29, 1.82) is 0 Å². The molecule has 0 amide bonds. The van der Waals surface area contributed by atoms with Crippen molar-refractivity contribution in [3.63, 3.8) is 0 Å². The third-order valence-electron chi connectivity index (χ3n) is 2.67. The number of hydrogen-bond acceptors (Lipinski definition) is 4. The summed E-state index contributed by atoms with van der Waals surface area (Å²) < 4.78 is 26.0. The van der Waals surface area contributed by atoms with E-state index in [0.717, 1.165) is 6.07 Å². The van der Waals surface area contributed by atoms with Crippen LogP contribution in [0.4, 0.5) is 20.3 Å². The molecule has 0 spiro atoms. The lowest BCUT2D eigenvalue weighted by Crippen LogP contribution is -2.09. The van der Waals surface area contributed by atoms with E-state index in [9.17, 15) is 18.9 Å². The second-order valence-corrected chi connectivity index (χ2v) is 4.60. The van der Waals surface area contributed by atoms with Gasteiger partial charge in [0.25, 0.3) is 0 Å². The monoisotopic (exact) mass is 313 g/mol. The number of hydrogen-bond donors (Lipinski definition) is 1. The van der Waals surface area contributed by atoms with Crippen LogP contribution in [0.1, 0.15) is 5.56 Å². The van der Waals surface area contributed by atoms with Crippen LogP contribution >= 0.6 is 11.6 Å². The van der Waals surface area contributed by atoms with Gasteiger partial charge in [-0.25, -0.2) is 13.8 Å². The van der Waals surface area contributed by atoms with Gasteiger partial charge < -0.3 is 5.32 Å². The van der Waals surface area contributed by atoms with Crippen molar-refractivity contribution in [2.75, 3.05) is 11.9 Å². The Bertz CT molecular complexity index is 662. The summed E-state index contributed by atoms with van der Waals surface area (Å²) in [6.07, 6.45) is 0.278. The summed E-state index contributed by atoms with van der Waals surface area (Å²) in [4.78, 5) is 14.1. The normalized spacial score (nSPS) is 10.4. The van der Waals surface area contributed by atoms with Crippen LogP contribution in [0.5, 0.6) is 0 Å². The topological polar surface area (TPSA) is 68.1 Å². The molecular weight excluding hydrogens is 304 g/mol. The summed E-state index contributed by atoms with van der Waals surface area (Å²) >= 11 is 5.69. The maximum absolute atomic E-state index is 13.0. The highest BCUT2D eigenvalue weighted by atomic mass is 35.5. The number of nitrogens with zero attached hydrogens (tertiary/aromatic N) is 2. The van der Waals surface area contributed by atoms with E-state index in [1.165, 1.54) is 24.3 Å². The first-order chi connectivity index (χ1) is 9.95. The smallest absolute Gasteiger partial charge is 0.311 e. The molecule has 0 aliphatic carbocycles. The second kappa shape index (κ2) is 6.45. The van der Waals surface area contributed by atoms with Gasteiger partial charge in [0.2, 0.25) is 5.82 Å². The molecule has 1 aromatic heterocycles. The average Bonchev–Trinajstić information content (AvgIpc) is 2.37. The minimum absolute atomic E-state index is 0.0179. The molecule has 0 radical (unpaired) electrons. The van der Waals surface area contributed by atoms with Crippen molar-refractivity contribution in [3.05, 3.63) is 62.8 Å². The summed E-state index contributed by atoms with van der Waals surface area (Å²) in [5.41, 5.74) is 0.217. The standard InChI is InChI=1S/C13H10ClF2N3O2/c14-12-2-1-11(19(20)21)13(18-12)17-4-3-8-5-9(15)7-10(16)6-8/h1-2,5-7H,3-4H2,(H,17,18). The molecule has 1 heterocycles. The van der Waals surface area contributed by atoms with Crippen molar-refractivity contribution in [2.24, 2.45) is 0 Å². The number of halogens is 3. The summed E-state index contributed by atoms with van der Waals surface area (Å²) in [6, 6.07) is 5.72. The van der Waals surface area contributed by atoms with E-state index in [0.29, 0.717) is 5.56 Å². The number of aromatic nitrogens is 1. The van der Waals surface area contributed by atoms with Gasteiger partial charge in [-0.1, -0.05) is 11.6 Å². The highest BCUT2D eigenvalue weighted by Gasteiger charge is 2.15. The molecule has 1 aromatic carbocycles. The minimum atomic E-state index is -0.670. The zero-order valence-corrected chi connectivity index (χ0v) is 11.4. The Labute approximate surface area is 123 Å². The first kappa shape index (κ1) is 15.1. The second-order valence-electron chi connectivity index (χ2n) is 4.21. The van der Waals surface area contributed by atoms with Gasteiger partial charge in [0, 0.05) is 18.7 Å². The molecule has 0 bridgehead atoms. The number of anilines is 1. The highest BCUT2D eigenvalue weighted by molar-refractivity contribution is 6.29. The van der Waals surface area contributed by atoms with E-state index in [-0.39, 0.29) is 29.6 Å². The number of nitrogens with one attached hydrogen (secondary N) is 1. The van der Waals surface area contributed by atoms with Gasteiger partial charge in [-0.3, -0.25) is 10.1 Å². The zero-order chi connectivity index (χ0) is 15.4. The summed E-state index contributed by atoms with van der Waals surface area (Å²) in [6.45, 7) is 0.219. The van der Waals surface area contributed by atoms with Gasteiger partial charge in [0.1, 0.15) is 16.8 Å². The molecule has 0 aliphatic heterocycles. The Morgan fingerprint density at radius 1 is 1.24 bits per heavy atom. The van der Waals surface area contributed by atoms with Gasteiger partial charge in [-0.2, -0.15) is 0 Å². The van der Waals surface area contributed by atoms with E-state index in [4.69, 9.17) is 11.6 Å². The molecule has 21 heavy (non-hydrogen) atoms. The Morgan fingerprint density at radius 2 is 1.90 bits per heavy atom. The highest BCUT2D eigenvalue weighted by Crippen LogP contribution is 2.23. The molecule has 0 aliphatic rings. The van der Waals surface area contributed by atoms with E-state index in [1.807, 2.05) is 0 Å². The van der Waals surface area contributed by atoms with Crippen molar-refractivity contribution >= 4 is 23.1 Å². The fourth-order valence-electron chi connectivity index (χ4n) is 1.79. The SMILES string of the molecule is O=[N+]([O-])c1ccc(Cl)nc1NCCc1cc(F)cc(F)c1. The molecule has 2 rings (SSSR count). The largest absolute Gasteiger partial charge is 0.364 e. The van der Waals surface area contributed by atoms with Crippen LogP contribution in [0.15, 0.2) is 30.3 Å². The van der Waals surface area contributed by atoms with Gasteiger partial charge in [-0.05, 0) is 30.2 Å². The molecule has 5 nitrogen and oxygen atoms in total. The quantitative estimate of drug-likeness (QED) is 0.520. The Kier molecular flexibility index (Phi) is 4.64. The lowest BCUT2D eigenvalue weighted by atomic mass is 10.1. The molecule has 0 fully saturated rings. The molecule has 0 unspecified atom stereocenters. The van der Waals surface area contributed by atoms with Crippen LogP contribution in [0.3, 0.4) is 0 Å². The molecule has 0 atom stereocenters. The van der Waals surface area contributed by atoms with Crippen LogP contribution in [0.2, 0.25) is 5.15 Å². The van der Waals surface area contributed by atoms with Gasteiger partial charge in [0.05, 0.1) is 4.92 Å². The maximum atomic E-state index is 13.0. The van der Waals surface area contributed by atoms with Crippen LogP contribution in [0.25, 0.3) is 0 Å². The van der Waals surface area contributed by atoms with Crippen molar-refractivity contribution in [2.45, 2.75) is 6.42 Å². The van der Waals surface area contributed by atoms with Crippen LogP contribution in [-0.4, -0.2) is 16.5 Å². The Hall–Kier alpha value is -2.28. The van der Waals surface area contributed by atoms with Crippen LogP contribution < -0.4 is 5.32 Å². The van der Waals surface area contributed by atoms with Gasteiger partial charge in [0.15, 0.2) is 0 Å². The molecular formula is C13H10ClF2N3O2. The molecule has 2 aromatic rings. The first-order valence-corrected chi connectivity index (χ1v) is 6.33. The lowest BCUT2D eigenvalue weighted by molar-refractivity contribution is -0.384. The Morgan fingerprint density at radius 3 is 2.52 bits per heavy atom. The van der Waals surface area contributed by atoms with Gasteiger partial charge >= 0.3 is 5.69 Å². The number of benzene rings is 1. The van der Waals surface area contributed by atoms with Crippen LogP contribution in [-0.2, 0) is 6.42 Å². The zero-order valence-electron chi connectivity index (χ0n) is 10.6. The molecule has 0 saturated heterocycles. The van der Waals surface area contributed by atoms with E-state index in [1.54, 1.807) is 0 Å². The van der Waals surface area contributed by atoms with E-state index < -0.39 is 16.6 Å². The fourth-order valence-corrected chi connectivity index (χ4v) is 1.93. The summed E-state index contributed by atoms with van der Waals surface area (Å²) in [7, 11) is 0. The molecule has 0 saturated carbocycles. The summed E-state index contributed by atoms with van der Waals surface area (Å²) in [5.74, 6) is -1.32. The third-order valence-corrected chi connectivity index (χ3v) is 2.88. The predicted octanol–water partition coefficient (Wildman–Crippen LogP) is 3.58. The maximum Gasteiger partial charge on any atom is 0.311 e. The predicted molar refractivity (Wildman–Crippen MR) is 74.5 cm³/mol. The van der Waals surface area contributed by atoms with E-state index in [2.05, 4.69) is 10.3 Å². The van der Waals surface area contributed by atoms with Crippen molar-refractivity contribution in [3.8, 4) is 0 Å². The average molecular weight is 314 g/mol. The number of pyridine rings is 1. The third kappa shape index (κ3) is 4.09. The van der Waals surface area contributed by atoms with E-state index >= 15 is 0 Å². The van der Waals surface area contributed by atoms with Gasteiger partial charge in [-0.15, -0.1) is 0 Å². The minimum Gasteiger partial charge on any atom is -0.364 e. The van der Waals surface area contributed by atoms with Crippen molar-refractivity contribution in [1.82, 2.24) is 4.98 Å². The first-order valence-electron chi connectivity index (χ1n) is 5.95. The number of rotatable bonds is 5. The molecule has 1 N–H and O–H groups in total. The Balaban J connectivity index is 2.06. The van der Waals surface area contributed by atoms with Crippen LogP contribution in [0, 0.1) is 21.7 Å². The fraction of sp³-hybridized carbons (Fsp3) is 0.154. The number of nitro groups is 1.